The van der Waals surface area contributed by atoms with Crippen LogP contribution in [0.4, 0.5) is 13.2 Å². The molecule has 0 amide bonds. The average Bonchev–Trinajstić information content (AvgIpc) is 2.09. The van der Waals surface area contributed by atoms with Gasteiger partial charge in [0.1, 0.15) is 6.04 Å². The fourth-order valence-electron chi connectivity index (χ4n) is 0.755. The Labute approximate surface area is 93.3 Å². The summed E-state index contributed by atoms with van der Waals surface area (Å²) in [6, 6.07) is -2.14. The Bertz CT molecular complexity index is 402. The average molecular weight is 279 g/mol. The molecule has 0 aliphatic heterocycles. The van der Waals surface area contributed by atoms with Crippen LogP contribution < -0.4 is 4.72 Å². The summed E-state index contributed by atoms with van der Waals surface area (Å²) in [5.41, 5.74) is -5.65. The zero-order chi connectivity index (χ0) is 13.9. The van der Waals surface area contributed by atoms with E-state index in [1.165, 1.54) is 0 Å². The number of hydrogen-bond acceptors (Lipinski definition) is 4. The largest absolute Gasteiger partial charge is 0.511 e. The van der Waals surface area contributed by atoms with Gasteiger partial charge >= 0.3 is 27.5 Å². The maximum Gasteiger partial charge on any atom is 0.511 e. The molecule has 0 rings (SSSR count). The molecule has 0 saturated heterocycles. The van der Waals surface area contributed by atoms with Crippen molar-refractivity contribution in [2.24, 2.45) is 0 Å². The second-order valence-electron chi connectivity index (χ2n) is 2.89. The predicted molar refractivity (Wildman–Crippen MR) is 46.4 cm³/mol. The standard InChI is InChI=1S/C6H8F3NO6S/c7-6(8,9)17(15,16)10-3(5(13)14)1-2-4(11)12/h3,10H,1-2H2,(H,11,12)(H,13,14). The van der Waals surface area contributed by atoms with Gasteiger partial charge in [-0.1, -0.05) is 0 Å². The van der Waals surface area contributed by atoms with Crippen molar-refractivity contribution in [2.75, 3.05) is 0 Å². The normalized spacial score (nSPS) is 14.3. The number of aliphatic carboxylic acids is 2. The molecule has 0 saturated carbocycles. The highest BCUT2D eigenvalue weighted by molar-refractivity contribution is 7.90. The van der Waals surface area contributed by atoms with Crippen LogP contribution in [-0.2, 0) is 19.6 Å². The van der Waals surface area contributed by atoms with Gasteiger partial charge in [-0.25, -0.2) is 8.42 Å². The van der Waals surface area contributed by atoms with E-state index in [-0.39, 0.29) is 0 Å². The van der Waals surface area contributed by atoms with E-state index in [1.807, 2.05) is 0 Å². The van der Waals surface area contributed by atoms with Crippen LogP contribution in [0.2, 0.25) is 0 Å². The fourth-order valence-corrected chi connectivity index (χ4v) is 1.48. The zero-order valence-electron chi connectivity index (χ0n) is 8.06. The van der Waals surface area contributed by atoms with Gasteiger partial charge in [0.2, 0.25) is 0 Å². The smallest absolute Gasteiger partial charge is 0.481 e. The third kappa shape index (κ3) is 4.99. The van der Waals surface area contributed by atoms with Crippen LogP contribution in [0.5, 0.6) is 0 Å². The van der Waals surface area contributed by atoms with Gasteiger partial charge in [-0.05, 0) is 6.42 Å². The fraction of sp³-hybridized carbons (Fsp3) is 0.667. The third-order valence-electron chi connectivity index (χ3n) is 1.55. The third-order valence-corrected chi connectivity index (χ3v) is 2.75. The van der Waals surface area contributed by atoms with Crippen molar-refractivity contribution in [1.29, 1.82) is 0 Å². The van der Waals surface area contributed by atoms with Gasteiger partial charge in [0, 0.05) is 6.42 Å². The van der Waals surface area contributed by atoms with E-state index in [2.05, 4.69) is 0 Å². The molecule has 3 N–H and O–H groups in total. The first-order chi connectivity index (χ1) is 7.47. The maximum absolute atomic E-state index is 11.9. The minimum absolute atomic E-state index is 0.780. The Morgan fingerprint density at radius 2 is 1.71 bits per heavy atom. The van der Waals surface area contributed by atoms with Crippen LogP contribution >= 0.6 is 0 Å². The Kier molecular flexibility index (Phi) is 4.89. The first kappa shape index (κ1) is 15.6. The number of halogens is 3. The molecular formula is C6H8F3NO6S. The molecule has 11 heteroatoms. The Morgan fingerprint density at radius 3 is 2.00 bits per heavy atom. The summed E-state index contributed by atoms with van der Waals surface area (Å²) >= 11 is 0. The van der Waals surface area contributed by atoms with E-state index < -0.39 is 46.4 Å². The van der Waals surface area contributed by atoms with Gasteiger partial charge in [0.15, 0.2) is 0 Å². The summed E-state index contributed by atoms with van der Waals surface area (Å²) in [5.74, 6) is -3.35. The number of sulfonamides is 1. The zero-order valence-corrected chi connectivity index (χ0v) is 8.88. The number of rotatable bonds is 6. The lowest BCUT2D eigenvalue weighted by Crippen LogP contribution is -2.46. The number of alkyl halides is 3. The van der Waals surface area contributed by atoms with E-state index >= 15 is 0 Å². The van der Waals surface area contributed by atoms with Crippen molar-refractivity contribution in [3.63, 3.8) is 0 Å². The molecule has 0 aromatic carbocycles. The second-order valence-corrected chi connectivity index (χ2v) is 4.60. The molecule has 17 heavy (non-hydrogen) atoms. The molecule has 7 nitrogen and oxygen atoms in total. The first-order valence-corrected chi connectivity index (χ1v) is 5.49. The molecule has 0 bridgehead atoms. The number of carbonyl (C=O) groups is 2. The first-order valence-electron chi connectivity index (χ1n) is 4.00. The summed E-state index contributed by atoms with van der Waals surface area (Å²) in [5, 5.41) is 16.6. The number of carboxylic acids is 2. The molecule has 0 aromatic rings. The Balaban J connectivity index is 4.79. The van der Waals surface area contributed by atoms with Crippen molar-refractivity contribution in [2.45, 2.75) is 24.4 Å². The highest BCUT2D eigenvalue weighted by Crippen LogP contribution is 2.22. The van der Waals surface area contributed by atoms with E-state index in [0.717, 1.165) is 4.72 Å². The number of carboxylic acid groups (broad SMARTS) is 2. The van der Waals surface area contributed by atoms with Crippen molar-refractivity contribution in [3.05, 3.63) is 0 Å². The van der Waals surface area contributed by atoms with Crippen LogP contribution in [0.25, 0.3) is 0 Å². The summed E-state index contributed by atoms with van der Waals surface area (Å²) in [6.07, 6.45) is -1.57. The highest BCUT2D eigenvalue weighted by Gasteiger charge is 2.47. The van der Waals surface area contributed by atoms with Gasteiger partial charge in [-0.2, -0.15) is 17.9 Å². The molecule has 0 radical (unpaired) electrons. The molecule has 0 aliphatic carbocycles. The minimum atomic E-state index is -5.81. The van der Waals surface area contributed by atoms with Crippen molar-refractivity contribution < 1.29 is 41.4 Å². The maximum atomic E-state index is 11.9. The van der Waals surface area contributed by atoms with Crippen LogP contribution in [-0.4, -0.2) is 42.1 Å². The van der Waals surface area contributed by atoms with Gasteiger partial charge < -0.3 is 10.2 Å². The topological polar surface area (TPSA) is 121 Å². The molecule has 0 aromatic heterocycles. The SMILES string of the molecule is O=C(O)CCC(NS(=O)(=O)C(F)(F)F)C(=O)O. The van der Waals surface area contributed by atoms with Gasteiger partial charge in [-0.15, -0.1) is 0 Å². The van der Waals surface area contributed by atoms with Crippen molar-refractivity contribution >= 4 is 22.0 Å². The lowest BCUT2D eigenvalue weighted by atomic mass is 10.2. The van der Waals surface area contributed by atoms with Crippen molar-refractivity contribution in [1.82, 2.24) is 4.72 Å². The summed E-state index contributed by atoms with van der Waals surface area (Å²) < 4.78 is 57.7. The Hall–Kier alpha value is -1.36. The van der Waals surface area contributed by atoms with Gasteiger partial charge in [-0.3, -0.25) is 9.59 Å². The van der Waals surface area contributed by atoms with Crippen molar-refractivity contribution in [3.8, 4) is 0 Å². The van der Waals surface area contributed by atoms with Crippen LogP contribution in [0.3, 0.4) is 0 Å². The quantitative estimate of drug-likeness (QED) is 0.616. The molecule has 0 aliphatic rings. The van der Waals surface area contributed by atoms with E-state index in [4.69, 9.17) is 10.2 Å². The molecule has 0 fully saturated rings. The summed E-state index contributed by atoms with van der Waals surface area (Å²) in [6.45, 7) is 0. The molecule has 1 atom stereocenters. The summed E-state index contributed by atoms with van der Waals surface area (Å²) in [7, 11) is -5.81. The Morgan fingerprint density at radius 1 is 1.24 bits per heavy atom. The number of hydrogen-bond donors (Lipinski definition) is 3. The molecule has 0 heterocycles. The van der Waals surface area contributed by atoms with E-state index in [9.17, 15) is 31.2 Å². The molecule has 0 spiro atoms. The van der Waals surface area contributed by atoms with Crippen LogP contribution in [0.1, 0.15) is 12.8 Å². The lowest BCUT2D eigenvalue weighted by molar-refractivity contribution is -0.140. The van der Waals surface area contributed by atoms with E-state index in [0.29, 0.717) is 0 Å². The summed E-state index contributed by atoms with van der Waals surface area (Å²) in [4.78, 5) is 20.5. The highest BCUT2D eigenvalue weighted by atomic mass is 32.2. The second kappa shape index (κ2) is 5.31. The van der Waals surface area contributed by atoms with Gasteiger partial charge in [0.25, 0.3) is 0 Å². The van der Waals surface area contributed by atoms with Crippen LogP contribution in [0, 0.1) is 0 Å². The lowest BCUT2D eigenvalue weighted by Gasteiger charge is -2.15. The predicted octanol–water partition coefficient (Wildman–Crippen LogP) is -0.256. The van der Waals surface area contributed by atoms with E-state index in [1.54, 1.807) is 0 Å². The van der Waals surface area contributed by atoms with Gasteiger partial charge in [0.05, 0.1) is 0 Å². The monoisotopic (exact) mass is 279 g/mol. The minimum Gasteiger partial charge on any atom is -0.481 e. The number of nitrogens with one attached hydrogen (secondary N) is 1. The molecular weight excluding hydrogens is 271 g/mol. The molecule has 100 valence electrons. The molecule has 1 unspecified atom stereocenters. The van der Waals surface area contributed by atoms with Crippen LogP contribution in [0.15, 0.2) is 0 Å².